The molecule has 0 aromatic heterocycles. The molecule has 6 nitrogen and oxygen atoms in total. The monoisotopic (exact) mass is 462 g/mol. The van der Waals surface area contributed by atoms with Crippen LogP contribution >= 0.6 is 0 Å². The molecule has 0 radical (unpaired) electrons. The van der Waals surface area contributed by atoms with E-state index in [1.807, 2.05) is 42.5 Å². The third-order valence-electron chi connectivity index (χ3n) is 7.39. The molecule has 34 heavy (non-hydrogen) atoms. The standard InChI is InChI=1S/C28H34N2O4/c1-3-15-30-16-14-27(22-7-5-8-24(31)18-22)19-23(12-13-28(27,33)20-30)29-26(32)11-10-21-6-4-9-25(17-21)34-2/h3-11,17-18,23,31,33H,1,12-16,19-20H2,2H3,(H,29,32)/t23-,27-,28-/m0/s1. The van der Waals surface area contributed by atoms with Crippen molar-refractivity contribution in [2.75, 3.05) is 26.7 Å². The summed E-state index contributed by atoms with van der Waals surface area (Å²) in [6, 6.07) is 14.7. The Hall–Kier alpha value is -3.09. The average Bonchev–Trinajstić information content (AvgIpc) is 2.83. The fourth-order valence-electron chi connectivity index (χ4n) is 5.69. The fraction of sp³-hybridized carbons (Fsp3) is 0.393. The minimum atomic E-state index is -0.945. The van der Waals surface area contributed by atoms with E-state index in [9.17, 15) is 15.0 Å². The SMILES string of the molecule is C=CCN1CC[C@@]2(c3cccc(O)c3)C[C@@H](NC(=O)C=Cc3cccc(OC)c3)CC[C@]2(O)C1. The van der Waals surface area contributed by atoms with Crippen molar-refractivity contribution in [3.8, 4) is 11.5 Å². The van der Waals surface area contributed by atoms with Crippen LogP contribution in [0.25, 0.3) is 6.08 Å². The lowest BCUT2D eigenvalue weighted by molar-refractivity contribution is -0.130. The molecule has 180 valence electrons. The summed E-state index contributed by atoms with van der Waals surface area (Å²) in [5.74, 6) is 0.772. The Morgan fingerprint density at radius 1 is 1.26 bits per heavy atom. The second-order valence-electron chi connectivity index (χ2n) is 9.50. The normalized spacial score (nSPS) is 27.2. The van der Waals surface area contributed by atoms with Crippen molar-refractivity contribution in [3.63, 3.8) is 0 Å². The van der Waals surface area contributed by atoms with E-state index >= 15 is 0 Å². The number of phenolic OH excluding ortho intramolecular Hbond substituents is 1. The molecule has 1 amide bonds. The summed E-state index contributed by atoms with van der Waals surface area (Å²) in [5, 5.41) is 25.3. The number of phenols is 1. The van der Waals surface area contributed by atoms with E-state index in [-0.39, 0.29) is 17.7 Å². The first kappa shape index (κ1) is 24.0. The summed E-state index contributed by atoms with van der Waals surface area (Å²) in [4.78, 5) is 15.0. The molecular weight excluding hydrogens is 428 g/mol. The smallest absolute Gasteiger partial charge is 0.244 e. The second-order valence-corrected chi connectivity index (χ2v) is 9.50. The van der Waals surface area contributed by atoms with Crippen LogP contribution in [0, 0.1) is 0 Å². The van der Waals surface area contributed by atoms with Gasteiger partial charge in [0, 0.05) is 30.6 Å². The summed E-state index contributed by atoms with van der Waals surface area (Å²) in [6.45, 7) is 5.94. The Kier molecular flexibility index (Phi) is 7.10. The molecule has 0 spiro atoms. The van der Waals surface area contributed by atoms with Crippen molar-refractivity contribution in [1.82, 2.24) is 10.2 Å². The molecule has 2 aromatic carbocycles. The molecule has 0 bridgehead atoms. The number of fused-ring (bicyclic) bond motifs is 1. The number of β-amino-alcohol motifs (C(OH)–C–C–N with tert-alkyl or cyclic N) is 1. The maximum atomic E-state index is 12.8. The van der Waals surface area contributed by atoms with Crippen LogP contribution in [0.1, 0.15) is 36.8 Å². The number of hydrogen-bond acceptors (Lipinski definition) is 5. The number of piperidine rings is 1. The number of carbonyl (C=O) groups excluding carboxylic acids is 1. The number of aliphatic hydroxyl groups is 1. The van der Waals surface area contributed by atoms with Gasteiger partial charge < -0.3 is 20.3 Å². The van der Waals surface area contributed by atoms with E-state index in [1.54, 1.807) is 31.4 Å². The number of hydrogen-bond donors (Lipinski definition) is 3. The topological polar surface area (TPSA) is 82.0 Å². The van der Waals surface area contributed by atoms with Gasteiger partial charge in [-0.05, 0) is 73.7 Å². The van der Waals surface area contributed by atoms with Crippen molar-refractivity contribution in [1.29, 1.82) is 0 Å². The minimum absolute atomic E-state index is 0.0731. The summed E-state index contributed by atoms with van der Waals surface area (Å²) < 4.78 is 5.24. The summed E-state index contributed by atoms with van der Waals surface area (Å²) in [6.07, 6.45) is 7.81. The van der Waals surface area contributed by atoms with Crippen molar-refractivity contribution >= 4 is 12.0 Å². The maximum Gasteiger partial charge on any atom is 0.244 e. The highest BCUT2D eigenvalue weighted by atomic mass is 16.5. The van der Waals surface area contributed by atoms with Gasteiger partial charge in [-0.1, -0.05) is 30.3 Å². The first-order chi connectivity index (χ1) is 16.4. The Bertz CT molecular complexity index is 1070. The van der Waals surface area contributed by atoms with Crippen LogP contribution in [0.3, 0.4) is 0 Å². The van der Waals surface area contributed by atoms with Crippen LogP contribution in [-0.2, 0) is 10.2 Å². The van der Waals surface area contributed by atoms with Crippen LogP contribution in [0.4, 0.5) is 0 Å². The predicted molar refractivity (Wildman–Crippen MR) is 134 cm³/mol. The fourth-order valence-corrected chi connectivity index (χ4v) is 5.69. The van der Waals surface area contributed by atoms with Gasteiger partial charge in [-0.3, -0.25) is 9.69 Å². The van der Waals surface area contributed by atoms with Crippen LogP contribution in [0.2, 0.25) is 0 Å². The lowest BCUT2D eigenvalue weighted by Gasteiger charge is -2.58. The Labute approximate surface area is 201 Å². The van der Waals surface area contributed by atoms with Gasteiger partial charge >= 0.3 is 0 Å². The number of aromatic hydroxyl groups is 1. The number of methoxy groups -OCH3 is 1. The zero-order valence-electron chi connectivity index (χ0n) is 19.7. The molecule has 6 heteroatoms. The number of nitrogens with zero attached hydrogens (tertiary/aromatic N) is 1. The third-order valence-corrected chi connectivity index (χ3v) is 7.39. The quantitative estimate of drug-likeness (QED) is 0.432. The molecule has 1 saturated carbocycles. The van der Waals surface area contributed by atoms with Gasteiger partial charge in [0.15, 0.2) is 0 Å². The minimum Gasteiger partial charge on any atom is -0.508 e. The van der Waals surface area contributed by atoms with Crippen LogP contribution in [-0.4, -0.2) is 59.4 Å². The molecule has 0 unspecified atom stereocenters. The molecule has 1 aliphatic heterocycles. The predicted octanol–water partition coefficient (Wildman–Crippen LogP) is 3.64. The van der Waals surface area contributed by atoms with E-state index in [4.69, 9.17) is 4.74 Å². The number of nitrogens with one attached hydrogen (secondary N) is 1. The highest BCUT2D eigenvalue weighted by molar-refractivity contribution is 5.92. The van der Waals surface area contributed by atoms with E-state index in [0.29, 0.717) is 25.8 Å². The Morgan fingerprint density at radius 3 is 2.85 bits per heavy atom. The number of ether oxygens (including phenoxy) is 1. The van der Waals surface area contributed by atoms with Gasteiger partial charge in [-0.15, -0.1) is 6.58 Å². The first-order valence-corrected chi connectivity index (χ1v) is 11.9. The molecule has 3 atom stereocenters. The van der Waals surface area contributed by atoms with E-state index < -0.39 is 11.0 Å². The highest BCUT2D eigenvalue weighted by Crippen LogP contribution is 2.52. The van der Waals surface area contributed by atoms with Crippen molar-refractivity contribution in [3.05, 3.63) is 78.4 Å². The van der Waals surface area contributed by atoms with Gasteiger partial charge in [0.25, 0.3) is 0 Å². The highest BCUT2D eigenvalue weighted by Gasteiger charge is 2.57. The van der Waals surface area contributed by atoms with E-state index in [0.717, 1.165) is 36.4 Å². The zero-order valence-corrected chi connectivity index (χ0v) is 19.7. The van der Waals surface area contributed by atoms with Crippen LogP contribution in [0.15, 0.2) is 67.3 Å². The molecule has 2 aliphatic rings. The third kappa shape index (κ3) is 4.88. The Balaban J connectivity index is 1.54. The second kappa shape index (κ2) is 10.0. The van der Waals surface area contributed by atoms with Gasteiger partial charge in [-0.25, -0.2) is 0 Å². The van der Waals surface area contributed by atoms with Gasteiger partial charge in [0.1, 0.15) is 11.5 Å². The maximum absolute atomic E-state index is 12.8. The summed E-state index contributed by atoms with van der Waals surface area (Å²) in [5.41, 5.74) is 0.327. The van der Waals surface area contributed by atoms with Gasteiger partial charge in [-0.2, -0.15) is 0 Å². The van der Waals surface area contributed by atoms with Crippen LogP contribution < -0.4 is 10.1 Å². The molecule has 4 rings (SSSR count). The summed E-state index contributed by atoms with van der Waals surface area (Å²) >= 11 is 0. The van der Waals surface area contributed by atoms with Crippen molar-refractivity contribution < 1.29 is 19.7 Å². The summed E-state index contributed by atoms with van der Waals surface area (Å²) in [7, 11) is 1.62. The Morgan fingerprint density at radius 2 is 2.09 bits per heavy atom. The molecular formula is C28H34N2O4. The number of carbonyl (C=O) groups is 1. The molecule has 1 heterocycles. The number of rotatable bonds is 7. The molecule has 2 aromatic rings. The molecule has 1 saturated heterocycles. The first-order valence-electron chi connectivity index (χ1n) is 11.9. The van der Waals surface area contributed by atoms with E-state index in [2.05, 4.69) is 16.8 Å². The molecule has 1 aliphatic carbocycles. The van der Waals surface area contributed by atoms with Crippen LogP contribution in [0.5, 0.6) is 11.5 Å². The van der Waals surface area contributed by atoms with Gasteiger partial charge in [0.2, 0.25) is 5.91 Å². The number of likely N-dealkylation sites (tertiary alicyclic amines) is 1. The van der Waals surface area contributed by atoms with E-state index in [1.165, 1.54) is 0 Å². The molecule has 3 N–H and O–H groups in total. The lowest BCUT2D eigenvalue weighted by Crippen LogP contribution is -2.67. The van der Waals surface area contributed by atoms with Gasteiger partial charge in [0.05, 0.1) is 12.7 Å². The van der Waals surface area contributed by atoms with Crippen molar-refractivity contribution in [2.24, 2.45) is 0 Å². The average molecular weight is 463 g/mol. The lowest BCUT2D eigenvalue weighted by atomic mass is 9.55. The number of amides is 1. The zero-order chi connectivity index (χ0) is 24.2. The largest absolute Gasteiger partial charge is 0.508 e. The van der Waals surface area contributed by atoms with Crippen molar-refractivity contribution in [2.45, 2.75) is 42.7 Å². The molecule has 2 fully saturated rings. The number of benzene rings is 2.